The lowest BCUT2D eigenvalue weighted by molar-refractivity contribution is -0.148. The van der Waals surface area contributed by atoms with E-state index in [1.807, 2.05) is 20.8 Å². The predicted molar refractivity (Wildman–Crippen MR) is 68.8 cm³/mol. The van der Waals surface area contributed by atoms with Gasteiger partial charge in [0.2, 0.25) is 0 Å². The summed E-state index contributed by atoms with van der Waals surface area (Å²) in [5.74, 6) is -0.307. The molecule has 1 aliphatic rings. The first-order valence-electron chi connectivity index (χ1n) is 6.57. The average molecular weight is 273 g/mol. The summed E-state index contributed by atoms with van der Waals surface area (Å²) in [5.41, 5.74) is -0.522. The Balaban J connectivity index is 2.45. The van der Waals surface area contributed by atoms with Gasteiger partial charge >= 0.3 is 12.1 Å². The molecule has 1 amide bonds. The van der Waals surface area contributed by atoms with Crippen molar-refractivity contribution in [3.63, 3.8) is 0 Å². The summed E-state index contributed by atoms with van der Waals surface area (Å²) in [6.45, 7) is 8.81. The molecule has 0 aromatic rings. The van der Waals surface area contributed by atoms with Crippen LogP contribution < -0.4 is 0 Å². The van der Waals surface area contributed by atoms with Gasteiger partial charge in [0, 0.05) is 6.54 Å². The van der Waals surface area contributed by atoms with E-state index >= 15 is 0 Å². The van der Waals surface area contributed by atoms with Gasteiger partial charge < -0.3 is 19.1 Å². The van der Waals surface area contributed by atoms with Gasteiger partial charge in [-0.05, 0) is 27.7 Å². The molecule has 0 aliphatic carbocycles. The molecule has 1 heterocycles. The normalized spacial score (nSPS) is 20.0. The quantitative estimate of drug-likeness (QED) is 0.730. The van der Waals surface area contributed by atoms with Crippen LogP contribution in [0.5, 0.6) is 0 Å². The van der Waals surface area contributed by atoms with Crippen molar-refractivity contribution in [3.8, 4) is 0 Å². The number of carbonyl (C=O) groups excluding carboxylic acids is 2. The van der Waals surface area contributed by atoms with E-state index in [1.54, 1.807) is 11.8 Å². The van der Waals surface area contributed by atoms with E-state index in [1.165, 1.54) is 0 Å². The Morgan fingerprint density at radius 1 is 1.37 bits per heavy atom. The maximum Gasteiger partial charge on any atom is 0.410 e. The summed E-state index contributed by atoms with van der Waals surface area (Å²) in [4.78, 5) is 24.9. The van der Waals surface area contributed by atoms with Crippen LogP contribution in [0, 0.1) is 0 Å². The molecule has 0 spiro atoms. The zero-order chi connectivity index (χ0) is 14.5. The van der Waals surface area contributed by atoms with Gasteiger partial charge in [0.15, 0.2) is 0 Å². The molecule has 1 rings (SSSR count). The van der Waals surface area contributed by atoms with Gasteiger partial charge in [-0.15, -0.1) is 0 Å². The van der Waals surface area contributed by atoms with Crippen LogP contribution in [0.2, 0.25) is 0 Å². The molecule has 0 N–H and O–H groups in total. The molecular weight excluding hydrogens is 250 g/mol. The summed E-state index contributed by atoms with van der Waals surface area (Å²) in [6.07, 6.45) is -0.530. The molecule has 19 heavy (non-hydrogen) atoms. The molecule has 6 nitrogen and oxygen atoms in total. The van der Waals surface area contributed by atoms with Crippen LogP contribution in [-0.4, -0.2) is 55.0 Å². The van der Waals surface area contributed by atoms with Gasteiger partial charge in [0.05, 0.1) is 32.3 Å². The second kappa shape index (κ2) is 6.75. The molecule has 110 valence electrons. The van der Waals surface area contributed by atoms with E-state index in [0.717, 1.165) is 0 Å². The first kappa shape index (κ1) is 15.8. The average Bonchev–Trinajstić information content (AvgIpc) is 2.27. The van der Waals surface area contributed by atoms with Crippen LogP contribution in [0.3, 0.4) is 0 Å². The first-order valence-corrected chi connectivity index (χ1v) is 6.57. The van der Waals surface area contributed by atoms with Gasteiger partial charge in [0.1, 0.15) is 5.60 Å². The molecule has 0 aromatic heterocycles. The van der Waals surface area contributed by atoms with Crippen LogP contribution in [-0.2, 0) is 19.0 Å². The van der Waals surface area contributed by atoms with E-state index in [2.05, 4.69) is 0 Å². The SMILES string of the molecule is CCOC(=O)C[C@H]1CN(C(=O)OC(C)(C)C)CCO1. The molecule has 6 heteroatoms. The molecule has 1 atom stereocenters. The molecular formula is C13H23NO5. The van der Waals surface area contributed by atoms with Crippen molar-refractivity contribution in [1.82, 2.24) is 4.90 Å². The zero-order valence-electron chi connectivity index (χ0n) is 12.1. The first-order chi connectivity index (χ1) is 8.81. The van der Waals surface area contributed by atoms with Crippen molar-refractivity contribution in [2.45, 2.75) is 45.8 Å². The number of esters is 1. The van der Waals surface area contributed by atoms with Gasteiger partial charge in [0.25, 0.3) is 0 Å². The maximum atomic E-state index is 11.9. The number of carbonyl (C=O) groups is 2. The van der Waals surface area contributed by atoms with Crippen molar-refractivity contribution < 1.29 is 23.8 Å². The summed E-state index contributed by atoms with van der Waals surface area (Å²) in [5, 5.41) is 0. The van der Waals surface area contributed by atoms with Crippen molar-refractivity contribution in [2.24, 2.45) is 0 Å². The molecule has 1 aliphatic heterocycles. The molecule has 0 unspecified atom stereocenters. The second-order valence-corrected chi connectivity index (χ2v) is 5.43. The second-order valence-electron chi connectivity index (χ2n) is 5.43. The lowest BCUT2D eigenvalue weighted by Crippen LogP contribution is -2.48. The topological polar surface area (TPSA) is 65.1 Å². The molecule has 1 fully saturated rings. The number of rotatable bonds is 3. The smallest absolute Gasteiger partial charge is 0.410 e. The highest BCUT2D eigenvalue weighted by atomic mass is 16.6. The largest absolute Gasteiger partial charge is 0.466 e. The van der Waals surface area contributed by atoms with Gasteiger partial charge in [-0.3, -0.25) is 4.79 Å². The fraction of sp³-hybridized carbons (Fsp3) is 0.846. The Bertz CT molecular complexity index is 323. The third kappa shape index (κ3) is 5.92. The zero-order valence-corrected chi connectivity index (χ0v) is 12.1. The number of amides is 1. The van der Waals surface area contributed by atoms with Gasteiger partial charge in [-0.1, -0.05) is 0 Å². The summed E-state index contributed by atoms with van der Waals surface area (Å²) in [7, 11) is 0. The minimum atomic E-state index is -0.522. The van der Waals surface area contributed by atoms with E-state index in [-0.39, 0.29) is 24.6 Å². The fourth-order valence-electron chi connectivity index (χ4n) is 1.74. The molecule has 0 saturated carbocycles. The van der Waals surface area contributed by atoms with Gasteiger partial charge in [-0.25, -0.2) is 4.79 Å². The maximum absolute atomic E-state index is 11.9. The third-order valence-corrected chi connectivity index (χ3v) is 2.49. The highest BCUT2D eigenvalue weighted by Gasteiger charge is 2.29. The van der Waals surface area contributed by atoms with Crippen LogP contribution in [0.4, 0.5) is 4.79 Å². The van der Waals surface area contributed by atoms with Gasteiger partial charge in [-0.2, -0.15) is 0 Å². The Kier molecular flexibility index (Phi) is 5.60. The van der Waals surface area contributed by atoms with Crippen molar-refractivity contribution >= 4 is 12.1 Å². The predicted octanol–water partition coefficient (Wildman–Crippen LogP) is 1.58. The lowest BCUT2D eigenvalue weighted by Gasteiger charge is -2.33. The Labute approximate surface area is 114 Å². The van der Waals surface area contributed by atoms with Crippen LogP contribution in [0.25, 0.3) is 0 Å². The Morgan fingerprint density at radius 2 is 2.05 bits per heavy atom. The van der Waals surface area contributed by atoms with E-state index in [9.17, 15) is 9.59 Å². The summed E-state index contributed by atoms with van der Waals surface area (Å²) < 4.78 is 15.6. The Morgan fingerprint density at radius 3 is 2.63 bits per heavy atom. The van der Waals surface area contributed by atoms with Crippen LogP contribution >= 0.6 is 0 Å². The number of nitrogens with zero attached hydrogens (tertiary/aromatic N) is 1. The van der Waals surface area contributed by atoms with E-state index < -0.39 is 5.60 Å². The van der Waals surface area contributed by atoms with Crippen molar-refractivity contribution in [3.05, 3.63) is 0 Å². The highest BCUT2D eigenvalue weighted by molar-refractivity contribution is 5.71. The van der Waals surface area contributed by atoms with Crippen molar-refractivity contribution in [1.29, 1.82) is 0 Å². The highest BCUT2D eigenvalue weighted by Crippen LogP contribution is 2.14. The minimum Gasteiger partial charge on any atom is -0.466 e. The minimum absolute atomic E-state index is 0.160. The number of ether oxygens (including phenoxy) is 3. The monoisotopic (exact) mass is 273 g/mol. The summed E-state index contributed by atoms with van der Waals surface area (Å²) in [6, 6.07) is 0. The number of hydrogen-bond donors (Lipinski definition) is 0. The van der Waals surface area contributed by atoms with E-state index in [0.29, 0.717) is 26.3 Å². The molecule has 0 radical (unpaired) electrons. The van der Waals surface area contributed by atoms with Crippen LogP contribution in [0.15, 0.2) is 0 Å². The number of morpholine rings is 1. The standard InChI is InChI=1S/C13H23NO5/c1-5-17-11(15)8-10-9-14(6-7-18-10)12(16)19-13(2,3)4/h10H,5-9H2,1-4H3/t10-/m0/s1. The van der Waals surface area contributed by atoms with E-state index in [4.69, 9.17) is 14.2 Å². The Hall–Kier alpha value is -1.30. The molecule has 1 saturated heterocycles. The summed E-state index contributed by atoms with van der Waals surface area (Å²) >= 11 is 0. The molecule has 0 aromatic carbocycles. The molecule has 0 bridgehead atoms. The fourth-order valence-corrected chi connectivity index (χ4v) is 1.74. The van der Waals surface area contributed by atoms with Crippen LogP contribution in [0.1, 0.15) is 34.1 Å². The lowest BCUT2D eigenvalue weighted by atomic mass is 10.2. The van der Waals surface area contributed by atoms with Crippen molar-refractivity contribution in [2.75, 3.05) is 26.3 Å². The third-order valence-electron chi connectivity index (χ3n) is 2.49. The number of hydrogen-bond acceptors (Lipinski definition) is 5.